The van der Waals surface area contributed by atoms with Crippen LogP contribution in [0.2, 0.25) is 5.02 Å². The number of halogens is 1. The molecule has 0 spiro atoms. The smallest absolute Gasteiger partial charge is 0.348 e. The molecule has 0 aliphatic carbocycles. The molecule has 1 N–H and O–H groups in total. The van der Waals surface area contributed by atoms with Gasteiger partial charge in [-0.25, -0.2) is 4.79 Å². The summed E-state index contributed by atoms with van der Waals surface area (Å²) in [6.07, 6.45) is 0. The van der Waals surface area contributed by atoms with E-state index in [1.54, 1.807) is 37.4 Å². The molecule has 1 aromatic heterocycles. The Morgan fingerprint density at radius 3 is 2.23 bits per heavy atom. The van der Waals surface area contributed by atoms with Crippen molar-refractivity contribution in [3.05, 3.63) is 75.6 Å². The molecule has 1 heterocycles. The quantitative estimate of drug-likeness (QED) is 0.658. The van der Waals surface area contributed by atoms with Gasteiger partial charge in [-0.3, -0.25) is 4.79 Å². The first kappa shape index (κ1) is 18.2. The van der Waals surface area contributed by atoms with E-state index in [0.717, 1.165) is 27.3 Å². The molecular weight excluding hydrogens is 370 g/mol. The van der Waals surface area contributed by atoms with Crippen molar-refractivity contribution in [1.29, 1.82) is 0 Å². The molecule has 0 aliphatic rings. The first-order valence-electron chi connectivity index (χ1n) is 7.84. The predicted octanol–water partition coefficient (Wildman–Crippen LogP) is 5.35. The minimum atomic E-state index is -1.06. The summed E-state index contributed by atoms with van der Waals surface area (Å²) >= 11 is 7.05. The van der Waals surface area contributed by atoms with Gasteiger partial charge in [0.25, 0.3) is 5.91 Å². The molecule has 0 saturated heterocycles. The fraction of sp³-hybridized carbons (Fsp3) is 0.100. The van der Waals surface area contributed by atoms with Gasteiger partial charge in [0.05, 0.1) is 5.69 Å². The van der Waals surface area contributed by atoms with Crippen molar-refractivity contribution < 1.29 is 14.7 Å². The van der Waals surface area contributed by atoms with E-state index in [9.17, 15) is 14.7 Å². The first-order valence-corrected chi connectivity index (χ1v) is 9.04. The van der Waals surface area contributed by atoms with Crippen molar-refractivity contribution in [2.24, 2.45) is 0 Å². The van der Waals surface area contributed by atoms with Crippen LogP contribution in [0.3, 0.4) is 0 Å². The van der Waals surface area contributed by atoms with E-state index in [2.05, 4.69) is 0 Å². The maximum atomic E-state index is 12.7. The molecule has 0 aliphatic heterocycles. The number of aromatic carboxylic acids is 1. The number of carbonyl (C=O) groups excluding carboxylic acids is 1. The van der Waals surface area contributed by atoms with Crippen LogP contribution in [-0.4, -0.2) is 24.0 Å². The third-order valence-corrected chi connectivity index (χ3v) is 5.41. The van der Waals surface area contributed by atoms with Crippen LogP contribution >= 0.6 is 22.9 Å². The Hall–Kier alpha value is -2.63. The second-order valence-corrected chi connectivity index (χ2v) is 7.36. The summed E-state index contributed by atoms with van der Waals surface area (Å²) in [5.41, 5.74) is 2.78. The Balaban J connectivity index is 2.00. The van der Waals surface area contributed by atoms with Crippen molar-refractivity contribution in [2.45, 2.75) is 6.92 Å². The summed E-state index contributed by atoms with van der Waals surface area (Å²) in [6.45, 7) is 1.94. The summed E-state index contributed by atoms with van der Waals surface area (Å²) < 4.78 is 0. The highest BCUT2D eigenvalue weighted by molar-refractivity contribution is 7.18. The van der Waals surface area contributed by atoms with Crippen LogP contribution < -0.4 is 4.90 Å². The van der Waals surface area contributed by atoms with E-state index >= 15 is 0 Å². The molecule has 2 aromatic carbocycles. The molecule has 0 radical (unpaired) electrons. The second-order valence-electron chi connectivity index (χ2n) is 5.87. The lowest BCUT2D eigenvalue weighted by atomic mass is 10.1. The molecule has 132 valence electrons. The number of carboxylic acids is 1. The largest absolute Gasteiger partial charge is 0.477 e. The maximum Gasteiger partial charge on any atom is 0.348 e. The van der Waals surface area contributed by atoms with E-state index in [4.69, 9.17) is 11.6 Å². The van der Waals surface area contributed by atoms with Crippen LogP contribution in [0, 0.1) is 6.92 Å². The molecule has 0 unspecified atom stereocenters. The number of nitrogens with zero attached hydrogens (tertiary/aromatic N) is 1. The third kappa shape index (κ3) is 3.64. The Morgan fingerprint density at radius 1 is 1.04 bits per heavy atom. The number of hydrogen-bond donors (Lipinski definition) is 1. The lowest BCUT2D eigenvalue weighted by Crippen LogP contribution is -2.27. The van der Waals surface area contributed by atoms with Gasteiger partial charge in [-0.05, 0) is 42.8 Å². The minimum Gasteiger partial charge on any atom is -0.477 e. The van der Waals surface area contributed by atoms with Crippen LogP contribution in [0.15, 0.2) is 54.6 Å². The molecule has 26 heavy (non-hydrogen) atoms. The highest BCUT2D eigenvalue weighted by atomic mass is 35.5. The van der Waals surface area contributed by atoms with Gasteiger partial charge in [0.1, 0.15) is 4.88 Å². The molecule has 0 saturated carbocycles. The number of carbonyl (C=O) groups is 2. The van der Waals surface area contributed by atoms with E-state index < -0.39 is 5.97 Å². The number of rotatable bonds is 4. The van der Waals surface area contributed by atoms with Crippen molar-refractivity contribution in [3.63, 3.8) is 0 Å². The van der Waals surface area contributed by atoms with Crippen molar-refractivity contribution in [1.82, 2.24) is 0 Å². The molecular formula is C20H16ClNO3S. The molecule has 0 fully saturated rings. The second kappa shape index (κ2) is 7.32. The average Bonchev–Trinajstić information content (AvgIpc) is 3.07. The van der Waals surface area contributed by atoms with Crippen LogP contribution in [-0.2, 0) is 0 Å². The van der Waals surface area contributed by atoms with Crippen molar-refractivity contribution in [3.8, 4) is 10.4 Å². The molecule has 6 heteroatoms. The van der Waals surface area contributed by atoms with Gasteiger partial charge in [0, 0.05) is 22.5 Å². The molecule has 0 atom stereocenters. The zero-order valence-corrected chi connectivity index (χ0v) is 15.8. The van der Waals surface area contributed by atoms with Gasteiger partial charge < -0.3 is 10.0 Å². The number of hydrogen-bond acceptors (Lipinski definition) is 3. The number of benzene rings is 2. The Labute approximate surface area is 160 Å². The fourth-order valence-electron chi connectivity index (χ4n) is 2.54. The molecule has 1 amide bonds. The number of aryl methyl sites for hydroxylation is 1. The van der Waals surface area contributed by atoms with Crippen molar-refractivity contribution >= 4 is 40.5 Å². The lowest BCUT2D eigenvalue weighted by Gasteiger charge is -2.17. The van der Waals surface area contributed by atoms with E-state index in [1.165, 1.54) is 4.90 Å². The summed E-state index contributed by atoms with van der Waals surface area (Å²) in [5, 5.41) is 10.2. The number of amides is 1. The number of carboxylic acid groups (broad SMARTS) is 1. The Morgan fingerprint density at radius 2 is 1.65 bits per heavy atom. The zero-order chi connectivity index (χ0) is 18.8. The van der Waals surface area contributed by atoms with Crippen LogP contribution in [0.4, 0.5) is 5.69 Å². The predicted molar refractivity (Wildman–Crippen MR) is 106 cm³/mol. The van der Waals surface area contributed by atoms with E-state index in [0.29, 0.717) is 16.3 Å². The van der Waals surface area contributed by atoms with Crippen LogP contribution in [0.25, 0.3) is 10.4 Å². The number of thiophene rings is 1. The van der Waals surface area contributed by atoms with E-state index in [-0.39, 0.29) is 10.8 Å². The Kier molecular flexibility index (Phi) is 5.11. The van der Waals surface area contributed by atoms with Gasteiger partial charge in [-0.1, -0.05) is 41.4 Å². The topological polar surface area (TPSA) is 57.6 Å². The highest BCUT2D eigenvalue weighted by Gasteiger charge is 2.23. The van der Waals surface area contributed by atoms with Gasteiger partial charge >= 0.3 is 5.97 Å². The lowest BCUT2D eigenvalue weighted by molar-refractivity contribution is 0.0703. The van der Waals surface area contributed by atoms with Gasteiger partial charge in [-0.2, -0.15) is 0 Å². The number of anilines is 1. The summed E-state index contributed by atoms with van der Waals surface area (Å²) in [5.74, 6) is -1.32. The van der Waals surface area contributed by atoms with Crippen LogP contribution in [0.5, 0.6) is 0 Å². The summed E-state index contributed by atoms with van der Waals surface area (Å²) in [6, 6.07) is 16.1. The maximum absolute atomic E-state index is 12.7. The monoisotopic (exact) mass is 385 g/mol. The molecule has 3 rings (SSSR count). The van der Waals surface area contributed by atoms with Gasteiger partial charge in [0.2, 0.25) is 0 Å². The SMILES string of the molecule is Cc1ccc(C(=O)N(C)c2cc(-c3ccc(Cl)cc3)sc2C(=O)O)cc1. The van der Waals surface area contributed by atoms with E-state index in [1.807, 2.05) is 31.2 Å². The Bertz CT molecular complexity index is 962. The molecule has 0 bridgehead atoms. The summed E-state index contributed by atoms with van der Waals surface area (Å²) in [7, 11) is 1.59. The third-order valence-electron chi connectivity index (χ3n) is 4.00. The standard InChI is InChI=1S/C20H16ClNO3S/c1-12-3-5-14(6-4-12)19(23)22(2)16-11-17(26-18(16)20(24)25)13-7-9-15(21)10-8-13/h3-11H,1-2H3,(H,24,25). The fourth-order valence-corrected chi connectivity index (χ4v) is 3.70. The summed E-state index contributed by atoms with van der Waals surface area (Å²) in [4.78, 5) is 26.7. The van der Waals surface area contributed by atoms with Crippen LogP contribution in [0.1, 0.15) is 25.6 Å². The highest BCUT2D eigenvalue weighted by Crippen LogP contribution is 2.37. The normalized spacial score (nSPS) is 10.6. The molecule has 4 nitrogen and oxygen atoms in total. The molecule has 3 aromatic rings. The minimum absolute atomic E-state index is 0.123. The zero-order valence-electron chi connectivity index (χ0n) is 14.2. The average molecular weight is 386 g/mol. The first-order chi connectivity index (χ1) is 12.4. The van der Waals surface area contributed by atoms with Gasteiger partial charge in [0.15, 0.2) is 0 Å². The van der Waals surface area contributed by atoms with Crippen molar-refractivity contribution in [2.75, 3.05) is 11.9 Å². The van der Waals surface area contributed by atoms with Gasteiger partial charge in [-0.15, -0.1) is 11.3 Å².